The van der Waals surface area contributed by atoms with E-state index in [0.29, 0.717) is 0 Å². The maximum absolute atomic E-state index is 3.74. The summed E-state index contributed by atoms with van der Waals surface area (Å²) in [5, 5.41) is 1.16. The molecule has 0 aliphatic carbocycles. The van der Waals surface area contributed by atoms with Gasteiger partial charge in [0, 0.05) is 10.2 Å². The molecule has 0 aromatic rings. The van der Waals surface area contributed by atoms with Crippen LogP contribution in [0.15, 0.2) is 0 Å². The van der Waals surface area contributed by atoms with Gasteiger partial charge in [0.05, 0.1) is 0 Å². The van der Waals surface area contributed by atoms with Gasteiger partial charge in [-0.05, 0) is 19.3 Å². The number of alkyl halides is 2. The van der Waals surface area contributed by atoms with Gasteiger partial charge in [0.2, 0.25) is 0 Å². The first-order valence-corrected chi connectivity index (χ1v) is 7.55. The summed E-state index contributed by atoms with van der Waals surface area (Å²) in [6.07, 6.45) is 10.9. The van der Waals surface area contributed by atoms with Crippen LogP contribution in [-0.4, -0.2) is 10.2 Å². The molecule has 80 valence electrons. The van der Waals surface area contributed by atoms with E-state index in [-0.39, 0.29) is 0 Å². The molecule has 0 saturated heterocycles. The summed E-state index contributed by atoms with van der Waals surface area (Å²) >= 11 is 7.20. The molecule has 0 aliphatic rings. The molecule has 0 amide bonds. The third-order valence-electron chi connectivity index (χ3n) is 2.27. The van der Waals surface area contributed by atoms with Gasteiger partial charge in [-0.2, -0.15) is 0 Å². The largest absolute Gasteiger partial charge is 0.0928 e. The molecule has 0 bridgehead atoms. The number of rotatable bonds is 9. The first kappa shape index (κ1) is 14.0. The van der Waals surface area contributed by atoms with Crippen LogP contribution in [0.5, 0.6) is 0 Å². The second-order valence-electron chi connectivity index (χ2n) is 3.63. The van der Waals surface area contributed by atoms with Crippen molar-refractivity contribution >= 4 is 31.9 Å². The van der Waals surface area contributed by atoms with Crippen LogP contribution in [0.1, 0.15) is 58.3 Å². The molecule has 0 fully saturated rings. The van der Waals surface area contributed by atoms with Crippen molar-refractivity contribution in [1.82, 2.24) is 0 Å². The zero-order chi connectivity index (χ0) is 9.94. The molecule has 0 spiro atoms. The van der Waals surface area contributed by atoms with Gasteiger partial charge < -0.3 is 0 Å². The van der Waals surface area contributed by atoms with E-state index in [1.54, 1.807) is 0 Å². The Balaban J connectivity index is 3.05. The van der Waals surface area contributed by atoms with E-state index in [2.05, 4.69) is 38.8 Å². The van der Waals surface area contributed by atoms with Gasteiger partial charge in [0.25, 0.3) is 0 Å². The molecule has 2 heteroatoms. The molecule has 1 unspecified atom stereocenters. The van der Waals surface area contributed by atoms with E-state index >= 15 is 0 Å². The Bertz CT molecular complexity index is 94.1. The summed E-state index contributed by atoms with van der Waals surface area (Å²) in [6.45, 7) is 2.27. The molecule has 0 aromatic heterocycles. The number of hydrogen-bond donors (Lipinski definition) is 0. The maximum Gasteiger partial charge on any atom is 0.0145 e. The molecular formula is C11H22Br2. The third-order valence-corrected chi connectivity index (χ3v) is 3.75. The SMILES string of the molecule is CCCCCCC(Br)CCCCBr. The fraction of sp³-hybridized carbons (Fsp3) is 1.00. The van der Waals surface area contributed by atoms with Crippen LogP contribution in [0.2, 0.25) is 0 Å². The highest BCUT2D eigenvalue weighted by Gasteiger charge is 2.02. The van der Waals surface area contributed by atoms with Crippen molar-refractivity contribution in [1.29, 1.82) is 0 Å². The van der Waals surface area contributed by atoms with Crippen LogP contribution >= 0.6 is 31.9 Å². The minimum atomic E-state index is 0.767. The summed E-state index contributed by atoms with van der Waals surface area (Å²) in [5.74, 6) is 0. The Labute approximate surface area is 100 Å². The van der Waals surface area contributed by atoms with Crippen LogP contribution in [0.4, 0.5) is 0 Å². The number of hydrogen-bond acceptors (Lipinski definition) is 0. The molecule has 0 nitrogen and oxygen atoms in total. The van der Waals surface area contributed by atoms with E-state index in [0.717, 1.165) is 10.2 Å². The molecule has 0 rings (SSSR count). The predicted octanol–water partition coefficient (Wildman–Crippen LogP) is 5.29. The van der Waals surface area contributed by atoms with Crippen LogP contribution in [0.3, 0.4) is 0 Å². The van der Waals surface area contributed by atoms with Crippen LogP contribution in [0, 0.1) is 0 Å². The molecule has 0 aromatic carbocycles. The quantitative estimate of drug-likeness (QED) is 0.401. The van der Waals surface area contributed by atoms with Crippen molar-refractivity contribution in [3.8, 4) is 0 Å². The first-order valence-electron chi connectivity index (χ1n) is 5.51. The molecule has 0 saturated carbocycles. The van der Waals surface area contributed by atoms with E-state index in [9.17, 15) is 0 Å². The lowest BCUT2D eigenvalue weighted by Gasteiger charge is -2.08. The van der Waals surface area contributed by atoms with Gasteiger partial charge in [-0.1, -0.05) is 70.9 Å². The fourth-order valence-corrected chi connectivity index (χ4v) is 2.44. The van der Waals surface area contributed by atoms with E-state index in [1.807, 2.05) is 0 Å². The summed E-state index contributed by atoms with van der Waals surface area (Å²) in [4.78, 5) is 0.767. The minimum absolute atomic E-state index is 0.767. The Morgan fingerprint density at radius 1 is 0.923 bits per heavy atom. The lowest BCUT2D eigenvalue weighted by molar-refractivity contribution is 0.589. The second-order valence-corrected chi connectivity index (χ2v) is 5.72. The van der Waals surface area contributed by atoms with Gasteiger partial charge in [-0.3, -0.25) is 0 Å². The molecule has 13 heavy (non-hydrogen) atoms. The van der Waals surface area contributed by atoms with Gasteiger partial charge in [-0.25, -0.2) is 0 Å². The second kappa shape index (κ2) is 11.0. The topological polar surface area (TPSA) is 0 Å². The summed E-state index contributed by atoms with van der Waals surface area (Å²) in [7, 11) is 0. The standard InChI is InChI=1S/C11H22Br2/c1-2-3-4-5-8-11(13)9-6-7-10-12/h11H,2-10H2,1H3. The van der Waals surface area contributed by atoms with Gasteiger partial charge in [0.1, 0.15) is 0 Å². The van der Waals surface area contributed by atoms with Gasteiger partial charge >= 0.3 is 0 Å². The summed E-state index contributed by atoms with van der Waals surface area (Å²) < 4.78 is 0. The average molecular weight is 314 g/mol. The van der Waals surface area contributed by atoms with E-state index < -0.39 is 0 Å². The molecule has 0 heterocycles. The van der Waals surface area contributed by atoms with Crippen LogP contribution in [-0.2, 0) is 0 Å². The normalized spacial score (nSPS) is 13.2. The van der Waals surface area contributed by atoms with Crippen molar-refractivity contribution in [2.24, 2.45) is 0 Å². The van der Waals surface area contributed by atoms with Crippen molar-refractivity contribution in [2.75, 3.05) is 5.33 Å². The van der Waals surface area contributed by atoms with Crippen molar-refractivity contribution in [3.63, 3.8) is 0 Å². The molecule has 0 aliphatic heterocycles. The lowest BCUT2D eigenvalue weighted by Crippen LogP contribution is -1.97. The molecule has 0 radical (unpaired) electrons. The van der Waals surface area contributed by atoms with Crippen molar-refractivity contribution < 1.29 is 0 Å². The third kappa shape index (κ3) is 10.9. The maximum atomic E-state index is 3.74. The highest BCUT2D eigenvalue weighted by atomic mass is 79.9. The summed E-state index contributed by atoms with van der Waals surface area (Å²) in [6, 6.07) is 0. The monoisotopic (exact) mass is 312 g/mol. The zero-order valence-electron chi connectivity index (χ0n) is 8.70. The van der Waals surface area contributed by atoms with E-state index in [1.165, 1.54) is 51.4 Å². The van der Waals surface area contributed by atoms with Crippen molar-refractivity contribution in [3.05, 3.63) is 0 Å². The Morgan fingerprint density at radius 2 is 1.54 bits per heavy atom. The zero-order valence-corrected chi connectivity index (χ0v) is 11.9. The van der Waals surface area contributed by atoms with Crippen molar-refractivity contribution in [2.45, 2.75) is 63.1 Å². The smallest absolute Gasteiger partial charge is 0.0145 e. The minimum Gasteiger partial charge on any atom is -0.0928 e. The highest BCUT2D eigenvalue weighted by Crippen LogP contribution is 2.17. The molecular weight excluding hydrogens is 292 g/mol. The first-order chi connectivity index (χ1) is 6.31. The van der Waals surface area contributed by atoms with Gasteiger partial charge in [-0.15, -0.1) is 0 Å². The average Bonchev–Trinajstić information content (AvgIpc) is 2.13. The predicted molar refractivity (Wildman–Crippen MR) is 69.1 cm³/mol. The Hall–Kier alpha value is 0.960. The van der Waals surface area contributed by atoms with Crippen LogP contribution < -0.4 is 0 Å². The number of halogens is 2. The van der Waals surface area contributed by atoms with E-state index in [4.69, 9.17) is 0 Å². The van der Waals surface area contributed by atoms with Crippen LogP contribution in [0.25, 0.3) is 0 Å². The Kier molecular flexibility index (Phi) is 11.9. The molecule has 0 N–H and O–H groups in total. The molecule has 1 atom stereocenters. The highest BCUT2D eigenvalue weighted by molar-refractivity contribution is 9.09. The lowest BCUT2D eigenvalue weighted by atomic mass is 10.1. The number of unbranched alkanes of at least 4 members (excludes halogenated alkanes) is 4. The fourth-order valence-electron chi connectivity index (χ4n) is 1.40. The summed E-state index contributed by atoms with van der Waals surface area (Å²) in [5.41, 5.74) is 0. The van der Waals surface area contributed by atoms with Gasteiger partial charge in [0.15, 0.2) is 0 Å². The Morgan fingerprint density at radius 3 is 2.08 bits per heavy atom.